The van der Waals surface area contributed by atoms with E-state index in [1.807, 2.05) is 0 Å². The molecule has 1 rings (SSSR count). The smallest absolute Gasteiger partial charge is 0.338 e. The number of carboxylic acid groups (broad SMARTS) is 1. The Morgan fingerprint density at radius 3 is 3.00 bits per heavy atom. The van der Waals surface area contributed by atoms with Crippen molar-refractivity contribution in [1.82, 2.24) is 0 Å². The van der Waals surface area contributed by atoms with Gasteiger partial charge in [0.15, 0.2) is 6.17 Å². The lowest BCUT2D eigenvalue weighted by Gasteiger charge is -2.07. The lowest BCUT2D eigenvalue weighted by atomic mass is 10.0. The number of alkyl halides is 1. The number of ether oxygens (including phenoxy) is 1. The SMILES string of the molecule is O=C(O)[C@H](F)C[C@H]1CCOC1. The monoisotopic (exact) mass is 162 g/mol. The highest BCUT2D eigenvalue weighted by Gasteiger charge is 2.24. The number of halogens is 1. The van der Waals surface area contributed by atoms with E-state index in [1.54, 1.807) is 0 Å². The maximum atomic E-state index is 12.5. The third-order valence-corrected chi connectivity index (χ3v) is 1.83. The lowest BCUT2D eigenvalue weighted by molar-refractivity contribution is -0.143. The van der Waals surface area contributed by atoms with Crippen molar-refractivity contribution >= 4 is 5.97 Å². The molecule has 0 unspecified atom stereocenters. The normalized spacial score (nSPS) is 26.8. The molecule has 0 radical (unpaired) electrons. The molecule has 1 heterocycles. The first-order chi connectivity index (χ1) is 5.20. The van der Waals surface area contributed by atoms with Crippen LogP contribution in [0.25, 0.3) is 0 Å². The first kappa shape index (κ1) is 8.46. The van der Waals surface area contributed by atoms with Crippen LogP contribution in [0.2, 0.25) is 0 Å². The molecule has 1 aliphatic heterocycles. The minimum absolute atomic E-state index is 0.0926. The van der Waals surface area contributed by atoms with Crippen LogP contribution in [0.4, 0.5) is 4.39 Å². The zero-order valence-electron chi connectivity index (χ0n) is 6.12. The molecule has 0 aliphatic carbocycles. The van der Waals surface area contributed by atoms with Crippen molar-refractivity contribution in [3.05, 3.63) is 0 Å². The highest BCUT2D eigenvalue weighted by molar-refractivity contribution is 5.71. The van der Waals surface area contributed by atoms with Gasteiger partial charge in [0.25, 0.3) is 0 Å². The molecule has 0 aromatic heterocycles. The van der Waals surface area contributed by atoms with Crippen molar-refractivity contribution in [3.63, 3.8) is 0 Å². The van der Waals surface area contributed by atoms with Gasteiger partial charge in [-0.25, -0.2) is 9.18 Å². The van der Waals surface area contributed by atoms with Gasteiger partial charge >= 0.3 is 5.97 Å². The summed E-state index contributed by atoms with van der Waals surface area (Å²) in [5, 5.41) is 8.23. The highest BCUT2D eigenvalue weighted by atomic mass is 19.1. The zero-order valence-corrected chi connectivity index (χ0v) is 6.12. The molecule has 0 saturated carbocycles. The molecular weight excluding hydrogens is 151 g/mol. The summed E-state index contributed by atoms with van der Waals surface area (Å²) >= 11 is 0. The Hall–Kier alpha value is -0.640. The van der Waals surface area contributed by atoms with Gasteiger partial charge in [0, 0.05) is 13.2 Å². The van der Waals surface area contributed by atoms with E-state index in [9.17, 15) is 9.18 Å². The second-order valence-electron chi connectivity index (χ2n) is 2.77. The second kappa shape index (κ2) is 3.67. The van der Waals surface area contributed by atoms with E-state index in [0.717, 1.165) is 6.42 Å². The summed E-state index contributed by atoms with van der Waals surface area (Å²) in [6.07, 6.45) is -0.843. The molecule has 0 aromatic rings. The molecule has 1 fully saturated rings. The molecule has 64 valence electrons. The van der Waals surface area contributed by atoms with E-state index in [0.29, 0.717) is 13.2 Å². The van der Waals surface area contributed by atoms with Crippen molar-refractivity contribution in [2.75, 3.05) is 13.2 Å². The maximum absolute atomic E-state index is 12.5. The molecule has 4 heteroatoms. The third-order valence-electron chi connectivity index (χ3n) is 1.83. The molecule has 2 atom stereocenters. The Balaban J connectivity index is 2.23. The van der Waals surface area contributed by atoms with Gasteiger partial charge in [-0.05, 0) is 18.8 Å². The van der Waals surface area contributed by atoms with Crippen LogP contribution in [0.15, 0.2) is 0 Å². The largest absolute Gasteiger partial charge is 0.479 e. The van der Waals surface area contributed by atoms with Crippen molar-refractivity contribution in [3.8, 4) is 0 Å². The number of carbonyl (C=O) groups is 1. The summed E-state index contributed by atoms with van der Waals surface area (Å²) in [6.45, 7) is 1.14. The standard InChI is InChI=1S/C7H11FO3/c8-6(7(9)10)3-5-1-2-11-4-5/h5-6H,1-4H2,(H,9,10)/t5-,6-/m1/s1. The molecule has 11 heavy (non-hydrogen) atoms. The topological polar surface area (TPSA) is 46.5 Å². The number of rotatable bonds is 3. The van der Waals surface area contributed by atoms with Crippen LogP contribution in [0.1, 0.15) is 12.8 Å². The van der Waals surface area contributed by atoms with Gasteiger partial charge in [0.05, 0.1) is 0 Å². The van der Waals surface area contributed by atoms with Crippen LogP contribution in [0.3, 0.4) is 0 Å². The molecule has 1 N–H and O–H groups in total. The Labute approximate surface area is 64.2 Å². The van der Waals surface area contributed by atoms with Gasteiger partial charge in [-0.15, -0.1) is 0 Å². The van der Waals surface area contributed by atoms with E-state index in [2.05, 4.69) is 0 Å². The second-order valence-corrected chi connectivity index (χ2v) is 2.77. The van der Waals surface area contributed by atoms with Gasteiger partial charge in [-0.3, -0.25) is 0 Å². The zero-order chi connectivity index (χ0) is 8.27. The summed E-state index contributed by atoms with van der Waals surface area (Å²) < 4.78 is 17.5. The van der Waals surface area contributed by atoms with Gasteiger partial charge in [-0.1, -0.05) is 0 Å². The first-order valence-corrected chi connectivity index (χ1v) is 3.64. The lowest BCUT2D eigenvalue weighted by Crippen LogP contribution is -2.18. The highest BCUT2D eigenvalue weighted by Crippen LogP contribution is 2.19. The van der Waals surface area contributed by atoms with Crippen molar-refractivity contribution in [2.45, 2.75) is 19.0 Å². The van der Waals surface area contributed by atoms with E-state index < -0.39 is 12.1 Å². The summed E-state index contributed by atoms with van der Waals surface area (Å²) in [5.74, 6) is -1.27. The molecule has 1 saturated heterocycles. The van der Waals surface area contributed by atoms with E-state index in [-0.39, 0.29) is 12.3 Å². The summed E-state index contributed by atoms with van der Waals surface area (Å²) in [7, 11) is 0. The molecule has 0 aromatic carbocycles. The summed E-state index contributed by atoms with van der Waals surface area (Å²) in [6, 6.07) is 0. The Morgan fingerprint density at radius 2 is 2.55 bits per heavy atom. The van der Waals surface area contributed by atoms with Crippen LogP contribution in [-0.2, 0) is 9.53 Å². The minimum Gasteiger partial charge on any atom is -0.479 e. The average molecular weight is 162 g/mol. The predicted octanol–water partition coefficient (Wildman–Crippen LogP) is 0.836. The van der Waals surface area contributed by atoms with Crippen LogP contribution in [-0.4, -0.2) is 30.5 Å². The Bertz CT molecular complexity index is 143. The van der Waals surface area contributed by atoms with E-state index in [4.69, 9.17) is 9.84 Å². The Morgan fingerprint density at radius 1 is 1.82 bits per heavy atom. The molecule has 0 spiro atoms. The summed E-state index contributed by atoms with van der Waals surface area (Å²) in [5.41, 5.74) is 0. The van der Waals surface area contributed by atoms with Gasteiger partial charge in [0.2, 0.25) is 0 Å². The van der Waals surface area contributed by atoms with E-state index >= 15 is 0 Å². The summed E-state index contributed by atoms with van der Waals surface area (Å²) in [4.78, 5) is 10.1. The van der Waals surface area contributed by atoms with Gasteiger partial charge in [0.1, 0.15) is 0 Å². The molecular formula is C7H11FO3. The number of hydrogen-bond donors (Lipinski definition) is 1. The Kier molecular flexibility index (Phi) is 2.82. The van der Waals surface area contributed by atoms with Crippen LogP contribution < -0.4 is 0 Å². The third kappa shape index (κ3) is 2.46. The van der Waals surface area contributed by atoms with E-state index in [1.165, 1.54) is 0 Å². The molecule has 0 bridgehead atoms. The average Bonchev–Trinajstić information content (AvgIpc) is 2.39. The fraction of sp³-hybridized carbons (Fsp3) is 0.857. The van der Waals surface area contributed by atoms with Crippen LogP contribution >= 0.6 is 0 Å². The maximum Gasteiger partial charge on any atom is 0.338 e. The number of aliphatic carboxylic acids is 1. The minimum atomic E-state index is -1.72. The van der Waals surface area contributed by atoms with Gasteiger partial charge in [-0.2, -0.15) is 0 Å². The van der Waals surface area contributed by atoms with Gasteiger partial charge < -0.3 is 9.84 Å². The predicted molar refractivity (Wildman–Crippen MR) is 36.1 cm³/mol. The number of hydrogen-bond acceptors (Lipinski definition) is 2. The fourth-order valence-electron chi connectivity index (χ4n) is 1.16. The molecule has 0 amide bonds. The number of carboxylic acids is 1. The van der Waals surface area contributed by atoms with Crippen molar-refractivity contribution in [2.24, 2.45) is 5.92 Å². The van der Waals surface area contributed by atoms with Crippen LogP contribution in [0.5, 0.6) is 0 Å². The van der Waals surface area contributed by atoms with Crippen LogP contribution in [0, 0.1) is 5.92 Å². The fourth-order valence-corrected chi connectivity index (χ4v) is 1.16. The van der Waals surface area contributed by atoms with Crippen molar-refractivity contribution < 1.29 is 19.0 Å². The van der Waals surface area contributed by atoms with Crippen molar-refractivity contribution in [1.29, 1.82) is 0 Å². The quantitative estimate of drug-likeness (QED) is 0.668. The first-order valence-electron chi connectivity index (χ1n) is 3.64. The molecule has 1 aliphatic rings. The molecule has 3 nitrogen and oxygen atoms in total.